The zero-order valence-electron chi connectivity index (χ0n) is 20.8. The van der Waals surface area contributed by atoms with E-state index in [1.54, 1.807) is 12.1 Å². The molecule has 1 atom stereocenters. The van der Waals surface area contributed by atoms with Crippen LogP contribution < -0.4 is 15.4 Å². The first-order chi connectivity index (χ1) is 15.5. The van der Waals surface area contributed by atoms with Crippen molar-refractivity contribution in [3.05, 3.63) is 29.6 Å². The fourth-order valence-corrected chi connectivity index (χ4v) is 4.93. The summed E-state index contributed by atoms with van der Waals surface area (Å²) in [5.41, 5.74) is 0.992. The van der Waals surface area contributed by atoms with E-state index in [2.05, 4.69) is 39.3 Å². The number of hydrogen-bond donors (Lipinski definition) is 2. The van der Waals surface area contributed by atoms with Gasteiger partial charge >= 0.3 is 0 Å². The average Bonchev–Trinajstić information content (AvgIpc) is 2.78. The molecule has 0 bridgehead atoms. The van der Waals surface area contributed by atoms with E-state index in [1.807, 2.05) is 13.1 Å². The van der Waals surface area contributed by atoms with Crippen LogP contribution in [-0.2, 0) is 6.54 Å². The number of hydrogen-bond acceptors (Lipinski definition) is 4. The molecule has 0 amide bonds. The molecule has 6 nitrogen and oxygen atoms in total. The summed E-state index contributed by atoms with van der Waals surface area (Å²) in [7, 11) is 3.35. The van der Waals surface area contributed by atoms with Crippen molar-refractivity contribution < 1.29 is 9.13 Å². The minimum atomic E-state index is -0.290. The van der Waals surface area contributed by atoms with Crippen LogP contribution in [0, 0.1) is 17.7 Å². The van der Waals surface area contributed by atoms with Gasteiger partial charge in [-0.2, -0.15) is 0 Å². The molecule has 0 spiro atoms. The maximum Gasteiger partial charge on any atom is 0.191 e. The van der Waals surface area contributed by atoms with E-state index in [1.165, 1.54) is 39.6 Å². The fourth-order valence-electron chi connectivity index (χ4n) is 4.93. The molecule has 0 radical (unpaired) electrons. The molecule has 0 aliphatic carbocycles. The molecule has 3 rings (SSSR count). The zero-order chi connectivity index (χ0) is 22.9. The number of guanidine groups is 1. The molecule has 188 valence electrons. The Kier molecular flexibility index (Phi) is 12.2. The second-order valence-corrected chi connectivity index (χ2v) is 9.78. The molecule has 0 saturated carbocycles. The van der Waals surface area contributed by atoms with Crippen molar-refractivity contribution >= 4 is 29.9 Å². The first kappa shape index (κ1) is 28.1. The Bertz CT molecular complexity index is 740. The topological polar surface area (TPSA) is 52.1 Å². The Labute approximate surface area is 216 Å². The molecular weight excluding hydrogens is 532 g/mol. The van der Waals surface area contributed by atoms with Gasteiger partial charge in [-0.1, -0.05) is 19.9 Å². The largest absolute Gasteiger partial charge is 0.494 e. The van der Waals surface area contributed by atoms with E-state index in [9.17, 15) is 4.39 Å². The molecule has 1 aromatic carbocycles. The zero-order valence-corrected chi connectivity index (χ0v) is 23.1. The number of methoxy groups -OCH3 is 1. The number of halogens is 2. The smallest absolute Gasteiger partial charge is 0.191 e. The summed E-state index contributed by atoms with van der Waals surface area (Å²) in [6.45, 7) is 12.0. The van der Waals surface area contributed by atoms with Crippen LogP contribution in [0.2, 0.25) is 0 Å². The highest BCUT2D eigenvalue weighted by Crippen LogP contribution is 2.20. The lowest BCUT2D eigenvalue weighted by atomic mass is 9.97. The number of nitrogens with one attached hydrogen (secondary N) is 2. The van der Waals surface area contributed by atoms with E-state index in [0.717, 1.165) is 56.5 Å². The standard InChI is InChI=1S/C25H42FN5O.HI/c1-19(2)16-31-11-5-6-21(18-31)15-28-25(27-3)29-22-9-12-30(13-10-22)17-20-7-8-24(32-4)23(26)14-20;/h7-8,14,19,21-22H,5-6,9-13,15-18H2,1-4H3,(H2,27,28,29);1H. The van der Waals surface area contributed by atoms with Gasteiger partial charge in [0.05, 0.1) is 7.11 Å². The second-order valence-electron chi connectivity index (χ2n) is 9.78. The maximum absolute atomic E-state index is 14.0. The molecular formula is C25H43FIN5O. The monoisotopic (exact) mass is 575 g/mol. The Morgan fingerprint density at radius 3 is 2.58 bits per heavy atom. The molecule has 2 aliphatic rings. The third kappa shape index (κ3) is 9.20. The van der Waals surface area contributed by atoms with Gasteiger partial charge in [0, 0.05) is 52.4 Å². The van der Waals surface area contributed by atoms with Gasteiger partial charge in [-0.25, -0.2) is 4.39 Å². The summed E-state index contributed by atoms with van der Waals surface area (Å²) in [5.74, 6) is 2.35. The van der Waals surface area contributed by atoms with E-state index in [-0.39, 0.29) is 29.8 Å². The summed E-state index contributed by atoms with van der Waals surface area (Å²) in [5, 5.41) is 7.19. The molecule has 2 aliphatic heterocycles. The first-order valence-corrected chi connectivity index (χ1v) is 12.2. The van der Waals surface area contributed by atoms with Gasteiger partial charge in [-0.3, -0.25) is 9.89 Å². The van der Waals surface area contributed by atoms with Gasteiger partial charge in [0.15, 0.2) is 17.5 Å². The van der Waals surface area contributed by atoms with Gasteiger partial charge in [0.25, 0.3) is 0 Å². The van der Waals surface area contributed by atoms with Crippen LogP contribution in [0.1, 0.15) is 45.1 Å². The number of aliphatic imine (C=N–C) groups is 1. The number of ether oxygens (including phenoxy) is 1. The number of piperidine rings is 2. The molecule has 1 aromatic rings. The van der Waals surface area contributed by atoms with Crippen molar-refractivity contribution in [2.45, 2.75) is 52.1 Å². The number of rotatable bonds is 8. The SMILES string of the molecule is CN=C(NCC1CCCN(CC(C)C)C1)NC1CCN(Cc2ccc(OC)c(F)c2)CC1.I. The lowest BCUT2D eigenvalue weighted by Crippen LogP contribution is -2.50. The van der Waals surface area contributed by atoms with E-state index < -0.39 is 0 Å². The van der Waals surface area contributed by atoms with Crippen LogP contribution in [0.5, 0.6) is 5.75 Å². The summed E-state index contributed by atoms with van der Waals surface area (Å²) in [6, 6.07) is 5.67. The summed E-state index contributed by atoms with van der Waals surface area (Å²) < 4.78 is 19.0. The first-order valence-electron chi connectivity index (χ1n) is 12.2. The van der Waals surface area contributed by atoms with Crippen LogP contribution >= 0.6 is 24.0 Å². The van der Waals surface area contributed by atoms with Crippen molar-refractivity contribution in [2.75, 3.05) is 53.4 Å². The van der Waals surface area contributed by atoms with E-state index >= 15 is 0 Å². The fraction of sp³-hybridized carbons (Fsp3) is 0.720. The molecule has 2 N–H and O–H groups in total. The third-order valence-corrected chi connectivity index (χ3v) is 6.56. The minimum absolute atomic E-state index is 0. The van der Waals surface area contributed by atoms with Gasteiger partial charge in [0.1, 0.15) is 0 Å². The third-order valence-electron chi connectivity index (χ3n) is 6.56. The molecule has 8 heteroatoms. The van der Waals surface area contributed by atoms with Crippen molar-refractivity contribution in [1.29, 1.82) is 0 Å². The average molecular weight is 576 g/mol. The number of benzene rings is 1. The predicted molar refractivity (Wildman–Crippen MR) is 145 cm³/mol. The van der Waals surface area contributed by atoms with Crippen molar-refractivity contribution in [3.8, 4) is 5.75 Å². The van der Waals surface area contributed by atoms with E-state index in [0.29, 0.717) is 17.7 Å². The predicted octanol–water partition coefficient (Wildman–Crippen LogP) is 3.95. The van der Waals surface area contributed by atoms with Crippen molar-refractivity contribution in [3.63, 3.8) is 0 Å². The molecule has 2 fully saturated rings. The molecule has 2 heterocycles. The van der Waals surface area contributed by atoms with Crippen LogP contribution in [0.25, 0.3) is 0 Å². The van der Waals surface area contributed by atoms with Gasteiger partial charge in [0.2, 0.25) is 0 Å². The molecule has 2 saturated heterocycles. The molecule has 0 aromatic heterocycles. The van der Waals surface area contributed by atoms with Crippen LogP contribution in [-0.4, -0.2) is 75.2 Å². The maximum atomic E-state index is 14.0. The normalized spacial score (nSPS) is 21.0. The van der Waals surface area contributed by atoms with Crippen LogP contribution in [0.3, 0.4) is 0 Å². The number of likely N-dealkylation sites (tertiary alicyclic amines) is 2. The summed E-state index contributed by atoms with van der Waals surface area (Å²) in [4.78, 5) is 9.46. The van der Waals surface area contributed by atoms with Gasteiger partial charge in [-0.05, 0) is 61.8 Å². The Morgan fingerprint density at radius 1 is 1.18 bits per heavy atom. The van der Waals surface area contributed by atoms with Crippen LogP contribution in [0.4, 0.5) is 4.39 Å². The number of nitrogens with zero attached hydrogens (tertiary/aromatic N) is 3. The highest BCUT2D eigenvalue weighted by atomic mass is 127. The summed E-state index contributed by atoms with van der Waals surface area (Å²) >= 11 is 0. The minimum Gasteiger partial charge on any atom is -0.494 e. The molecule has 1 unspecified atom stereocenters. The Hall–Kier alpha value is -1.13. The summed E-state index contributed by atoms with van der Waals surface area (Å²) in [6.07, 6.45) is 4.71. The quantitative estimate of drug-likeness (QED) is 0.280. The Balaban J connectivity index is 0.00000385. The molecule has 33 heavy (non-hydrogen) atoms. The van der Waals surface area contributed by atoms with E-state index in [4.69, 9.17) is 4.74 Å². The van der Waals surface area contributed by atoms with Crippen molar-refractivity contribution in [2.24, 2.45) is 16.8 Å². The van der Waals surface area contributed by atoms with Crippen molar-refractivity contribution in [1.82, 2.24) is 20.4 Å². The lowest BCUT2D eigenvalue weighted by molar-refractivity contribution is 0.159. The second kappa shape index (κ2) is 14.3. The van der Waals surface area contributed by atoms with Gasteiger partial charge in [-0.15, -0.1) is 24.0 Å². The lowest BCUT2D eigenvalue weighted by Gasteiger charge is -2.35. The highest BCUT2D eigenvalue weighted by Gasteiger charge is 2.23. The van der Waals surface area contributed by atoms with Crippen LogP contribution in [0.15, 0.2) is 23.2 Å². The Morgan fingerprint density at radius 2 is 1.94 bits per heavy atom. The van der Waals surface area contributed by atoms with Gasteiger partial charge < -0.3 is 20.3 Å². The highest BCUT2D eigenvalue weighted by molar-refractivity contribution is 14.0.